The molecule has 0 unspecified atom stereocenters. The lowest BCUT2D eigenvalue weighted by Crippen LogP contribution is -2.17. The summed E-state index contributed by atoms with van der Waals surface area (Å²) in [5.74, 6) is -0.522. The van der Waals surface area contributed by atoms with Crippen molar-refractivity contribution < 1.29 is 8.78 Å². The van der Waals surface area contributed by atoms with Crippen LogP contribution in [-0.4, -0.2) is 0 Å². The lowest BCUT2D eigenvalue weighted by Gasteiger charge is -2.29. The van der Waals surface area contributed by atoms with Crippen LogP contribution in [0.25, 0.3) is 11.1 Å². The van der Waals surface area contributed by atoms with Crippen molar-refractivity contribution in [2.24, 2.45) is 0 Å². The molecule has 1 aliphatic carbocycles. The number of benzene rings is 6. The molecule has 0 bridgehead atoms. The minimum Gasteiger partial charge on any atom is -0.310 e. The molecule has 6 aromatic rings. The summed E-state index contributed by atoms with van der Waals surface area (Å²) < 4.78 is 27.7. The van der Waals surface area contributed by atoms with Gasteiger partial charge in [0.15, 0.2) is 0 Å². The maximum Gasteiger partial charge on any atom is 0.123 e. The van der Waals surface area contributed by atoms with E-state index < -0.39 is 0 Å². The highest BCUT2D eigenvalue weighted by molar-refractivity contribution is 5.88. The molecule has 6 aromatic carbocycles. The molecule has 0 amide bonds. The van der Waals surface area contributed by atoms with Crippen LogP contribution in [0.2, 0.25) is 0 Å². The molecule has 2 nitrogen and oxygen atoms in total. The van der Waals surface area contributed by atoms with Crippen LogP contribution in [0.5, 0.6) is 0 Å². The molecule has 0 radical (unpaired) electrons. The van der Waals surface area contributed by atoms with Crippen molar-refractivity contribution in [1.29, 1.82) is 0 Å². The molecular formula is C39H30F2N2. The van der Waals surface area contributed by atoms with E-state index in [1.165, 1.54) is 46.5 Å². The molecule has 210 valence electrons. The van der Waals surface area contributed by atoms with E-state index in [2.05, 4.69) is 84.3 Å². The molecule has 0 aromatic heterocycles. The molecule has 0 heterocycles. The van der Waals surface area contributed by atoms with Gasteiger partial charge in [-0.15, -0.1) is 0 Å². The monoisotopic (exact) mass is 564 g/mol. The average Bonchev–Trinajstić information content (AvgIpc) is 3.26. The van der Waals surface area contributed by atoms with Gasteiger partial charge in [0.25, 0.3) is 0 Å². The van der Waals surface area contributed by atoms with Gasteiger partial charge >= 0.3 is 0 Å². The largest absolute Gasteiger partial charge is 0.310 e. The van der Waals surface area contributed by atoms with E-state index in [-0.39, 0.29) is 17.0 Å². The maximum atomic E-state index is 13.9. The minimum absolute atomic E-state index is 0.261. The molecule has 0 spiro atoms. The first kappa shape index (κ1) is 26.7. The summed E-state index contributed by atoms with van der Waals surface area (Å²) in [6.07, 6.45) is 0. The Labute approximate surface area is 251 Å². The Hall–Kier alpha value is -5.22. The Morgan fingerprint density at radius 1 is 0.395 bits per heavy atom. The quantitative estimate of drug-likeness (QED) is 0.199. The number of nitrogens with zero attached hydrogens (tertiary/aromatic N) is 2. The molecule has 0 atom stereocenters. The van der Waals surface area contributed by atoms with Gasteiger partial charge in [-0.25, -0.2) is 8.78 Å². The zero-order chi connectivity index (χ0) is 29.6. The first-order valence-corrected chi connectivity index (χ1v) is 14.4. The lowest BCUT2D eigenvalue weighted by atomic mass is 9.82. The first-order chi connectivity index (χ1) is 20.9. The average molecular weight is 565 g/mol. The van der Waals surface area contributed by atoms with Gasteiger partial charge in [-0.1, -0.05) is 62.4 Å². The van der Waals surface area contributed by atoms with E-state index in [0.29, 0.717) is 0 Å². The highest BCUT2D eigenvalue weighted by atomic mass is 19.1. The Morgan fingerprint density at radius 2 is 0.721 bits per heavy atom. The number of fused-ring (bicyclic) bond motifs is 3. The summed E-state index contributed by atoms with van der Waals surface area (Å²) in [6.45, 7) is 4.53. The number of halogens is 2. The predicted molar refractivity (Wildman–Crippen MR) is 173 cm³/mol. The van der Waals surface area contributed by atoms with Gasteiger partial charge in [0.05, 0.1) is 0 Å². The zero-order valence-electron chi connectivity index (χ0n) is 24.0. The molecule has 4 heteroatoms. The second-order valence-corrected chi connectivity index (χ2v) is 11.4. The molecule has 0 saturated heterocycles. The van der Waals surface area contributed by atoms with Crippen LogP contribution >= 0.6 is 0 Å². The summed E-state index contributed by atoms with van der Waals surface area (Å²) in [4.78, 5) is 4.33. The van der Waals surface area contributed by atoms with Gasteiger partial charge in [0, 0.05) is 39.5 Å². The molecule has 0 fully saturated rings. The van der Waals surface area contributed by atoms with E-state index in [1.807, 2.05) is 60.7 Å². The predicted octanol–water partition coefficient (Wildman–Crippen LogP) is 11.2. The maximum absolute atomic E-state index is 13.9. The third-order valence-corrected chi connectivity index (χ3v) is 8.36. The fourth-order valence-corrected chi connectivity index (χ4v) is 6.22. The first-order valence-electron chi connectivity index (χ1n) is 14.4. The second-order valence-electron chi connectivity index (χ2n) is 11.4. The normalized spacial score (nSPS) is 12.8. The van der Waals surface area contributed by atoms with Crippen LogP contribution in [0.15, 0.2) is 146 Å². The summed E-state index contributed by atoms with van der Waals surface area (Å²) in [5, 5.41) is 0. The Balaban J connectivity index is 1.33. The smallest absolute Gasteiger partial charge is 0.123 e. The van der Waals surface area contributed by atoms with Crippen LogP contribution in [0.1, 0.15) is 25.0 Å². The van der Waals surface area contributed by atoms with Crippen molar-refractivity contribution in [2.45, 2.75) is 19.3 Å². The summed E-state index contributed by atoms with van der Waals surface area (Å²) in [7, 11) is 0. The van der Waals surface area contributed by atoms with Gasteiger partial charge < -0.3 is 9.80 Å². The summed E-state index contributed by atoms with van der Waals surface area (Å²) in [5.41, 5.74) is 10.4. The van der Waals surface area contributed by atoms with E-state index >= 15 is 0 Å². The van der Waals surface area contributed by atoms with Gasteiger partial charge in [-0.05, 0) is 119 Å². The lowest BCUT2D eigenvalue weighted by molar-refractivity contribution is 0.627. The van der Waals surface area contributed by atoms with Crippen LogP contribution in [-0.2, 0) is 5.41 Å². The second kappa shape index (κ2) is 10.6. The highest BCUT2D eigenvalue weighted by Gasteiger charge is 2.36. The fourth-order valence-electron chi connectivity index (χ4n) is 6.22. The highest BCUT2D eigenvalue weighted by Crippen LogP contribution is 2.52. The number of hydrogen-bond acceptors (Lipinski definition) is 2. The molecule has 7 rings (SSSR count). The number of anilines is 6. The Morgan fingerprint density at radius 3 is 1.09 bits per heavy atom. The minimum atomic E-state index is -0.285. The molecule has 0 N–H and O–H groups in total. The number of rotatable bonds is 6. The third kappa shape index (κ3) is 4.75. The third-order valence-electron chi connectivity index (χ3n) is 8.36. The van der Waals surface area contributed by atoms with E-state index in [9.17, 15) is 8.78 Å². The van der Waals surface area contributed by atoms with Gasteiger partial charge in [0.2, 0.25) is 0 Å². The van der Waals surface area contributed by atoms with E-state index in [1.54, 1.807) is 0 Å². The molecule has 0 aliphatic heterocycles. The van der Waals surface area contributed by atoms with Crippen molar-refractivity contribution in [2.75, 3.05) is 9.80 Å². The Kier molecular flexibility index (Phi) is 6.55. The Bertz CT molecular complexity index is 1760. The van der Waals surface area contributed by atoms with E-state index in [0.717, 1.165) is 34.1 Å². The van der Waals surface area contributed by atoms with Crippen molar-refractivity contribution >= 4 is 34.1 Å². The SMILES string of the molecule is CC1(C)c2cc(N(c3ccccc3)c3ccc(F)cc3)ccc2-c2ccc(N(c3ccccc3)c3ccc(F)cc3)cc21. The topological polar surface area (TPSA) is 6.48 Å². The molecule has 0 saturated carbocycles. The van der Waals surface area contributed by atoms with Crippen molar-refractivity contribution in [3.8, 4) is 11.1 Å². The standard InChI is InChI=1S/C39H30F2N2/c1-39(2)37-25-33(42(29-9-5-3-6-10-29)31-17-13-27(40)14-18-31)21-23-35(37)36-24-22-34(26-38(36)39)43(30-11-7-4-8-12-30)32-19-15-28(41)16-20-32/h3-26H,1-2H3. The molecule has 43 heavy (non-hydrogen) atoms. The summed E-state index contributed by atoms with van der Waals surface area (Å²) >= 11 is 0. The van der Waals surface area contributed by atoms with Gasteiger partial charge in [0.1, 0.15) is 11.6 Å². The summed E-state index contributed by atoms with van der Waals surface area (Å²) in [6, 6.07) is 46.8. The molecule has 1 aliphatic rings. The van der Waals surface area contributed by atoms with Crippen LogP contribution in [0.3, 0.4) is 0 Å². The number of para-hydroxylation sites is 2. The molecular weight excluding hydrogens is 534 g/mol. The van der Waals surface area contributed by atoms with Gasteiger partial charge in [-0.2, -0.15) is 0 Å². The fraction of sp³-hybridized carbons (Fsp3) is 0.0769. The van der Waals surface area contributed by atoms with Crippen LogP contribution in [0, 0.1) is 11.6 Å². The van der Waals surface area contributed by atoms with Crippen LogP contribution in [0.4, 0.5) is 42.9 Å². The van der Waals surface area contributed by atoms with Crippen molar-refractivity contribution in [1.82, 2.24) is 0 Å². The van der Waals surface area contributed by atoms with Gasteiger partial charge in [-0.3, -0.25) is 0 Å². The van der Waals surface area contributed by atoms with Crippen LogP contribution < -0.4 is 9.80 Å². The van der Waals surface area contributed by atoms with Crippen molar-refractivity contribution in [3.05, 3.63) is 168 Å². The van der Waals surface area contributed by atoms with Crippen molar-refractivity contribution in [3.63, 3.8) is 0 Å². The number of hydrogen-bond donors (Lipinski definition) is 0. The zero-order valence-corrected chi connectivity index (χ0v) is 24.0. The van der Waals surface area contributed by atoms with E-state index in [4.69, 9.17) is 0 Å².